The second-order valence-corrected chi connectivity index (χ2v) is 5.44. The molecule has 1 aromatic heterocycles. The van der Waals surface area contributed by atoms with E-state index in [0.717, 1.165) is 30.7 Å². The highest BCUT2D eigenvalue weighted by Crippen LogP contribution is 2.12. The molecule has 1 atom stereocenters. The Morgan fingerprint density at radius 3 is 2.90 bits per heavy atom. The molecule has 6 nitrogen and oxygen atoms in total. The summed E-state index contributed by atoms with van der Waals surface area (Å²) in [4.78, 5) is 7.00. The maximum Gasteiger partial charge on any atom is 0.191 e. The van der Waals surface area contributed by atoms with Gasteiger partial charge in [-0.1, -0.05) is 0 Å². The first kappa shape index (κ1) is 14.8. The Morgan fingerprint density at radius 2 is 2.30 bits per heavy atom. The van der Waals surface area contributed by atoms with Crippen molar-refractivity contribution in [3.05, 3.63) is 18.0 Å². The third kappa shape index (κ3) is 4.23. The zero-order chi connectivity index (χ0) is 14.4. The van der Waals surface area contributed by atoms with Crippen LogP contribution >= 0.6 is 0 Å². The van der Waals surface area contributed by atoms with Crippen LogP contribution in [0.3, 0.4) is 0 Å². The summed E-state index contributed by atoms with van der Waals surface area (Å²) in [6, 6.07) is 2.00. The van der Waals surface area contributed by atoms with Gasteiger partial charge in [0.25, 0.3) is 0 Å². The van der Waals surface area contributed by atoms with Gasteiger partial charge in [-0.25, -0.2) is 4.99 Å². The molecule has 0 radical (unpaired) electrons. The molecule has 0 aromatic carbocycles. The number of hydrogen-bond acceptors (Lipinski definition) is 3. The highest BCUT2D eigenvalue weighted by atomic mass is 15.3. The fraction of sp³-hybridized carbons (Fsp3) is 0.714. The van der Waals surface area contributed by atoms with Gasteiger partial charge in [0, 0.05) is 32.9 Å². The molecule has 0 aliphatic carbocycles. The van der Waals surface area contributed by atoms with E-state index in [1.165, 1.54) is 19.5 Å². The van der Waals surface area contributed by atoms with Gasteiger partial charge in [0.15, 0.2) is 5.96 Å². The van der Waals surface area contributed by atoms with Gasteiger partial charge in [0.05, 0.1) is 12.2 Å². The summed E-state index contributed by atoms with van der Waals surface area (Å²) in [5.41, 5.74) is 1.11. The minimum absolute atomic E-state index is 0.649. The van der Waals surface area contributed by atoms with E-state index >= 15 is 0 Å². The normalized spacial score (nSPS) is 20.4. The molecule has 0 bridgehead atoms. The Kier molecular flexibility index (Phi) is 5.40. The highest BCUT2D eigenvalue weighted by molar-refractivity contribution is 5.79. The number of aryl methyl sites for hydroxylation is 1. The predicted molar refractivity (Wildman–Crippen MR) is 81.6 cm³/mol. The summed E-state index contributed by atoms with van der Waals surface area (Å²) in [6.45, 7) is 6.98. The topological polar surface area (TPSA) is 57.5 Å². The third-order valence-electron chi connectivity index (χ3n) is 3.71. The van der Waals surface area contributed by atoms with Crippen LogP contribution in [0.25, 0.3) is 0 Å². The van der Waals surface area contributed by atoms with Crippen molar-refractivity contribution in [3.63, 3.8) is 0 Å². The number of guanidine groups is 1. The van der Waals surface area contributed by atoms with Crippen molar-refractivity contribution in [1.29, 1.82) is 0 Å². The first-order chi connectivity index (χ1) is 9.69. The Bertz CT molecular complexity index is 439. The quantitative estimate of drug-likeness (QED) is 0.606. The number of hydrogen-bond donors (Lipinski definition) is 2. The van der Waals surface area contributed by atoms with Gasteiger partial charge in [-0.2, -0.15) is 5.10 Å². The van der Waals surface area contributed by atoms with Crippen molar-refractivity contribution in [2.24, 2.45) is 18.0 Å². The Morgan fingerprint density at radius 1 is 1.45 bits per heavy atom. The monoisotopic (exact) mass is 278 g/mol. The maximum atomic E-state index is 4.62. The molecule has 0 saturated carbocycles. The third-order valence-corrected chi connectivity index (χ3v) is 3.71. The Hall–Kier alpha value is -1.56. The van der Waals surface area contributed by atoms with Gasteiger partial charge in [-0.15, -0.1) is 0 Å². The van der Waals surface area contributed by atoms with E-state index in [-0.39, 0.29) is 0 Å². The molecule has 1 aliphatic rings. The van der Waals surface area contributed by atoms with Crippen LogP contribution in [0, 0.1) is 5.92 Å². The van der Waals surface area contributed by atoms with Crippen LogP contribution in [0.5, 0.6) is 0 Å². The van der Waals surface area contributed by atoms with E-state index in [9.17, 15) is 0 Å². The number of nitrogens with zero attached hydrogens (tertiary/aromatic N) is 4. The van der Waals surface area contributed by atoms with Crippen molar-refractivity contribution in [2.75, 3.05) is 33.2 Å². The molecule has 0 spiro atoms. The zero-order valence-corrected chi connectivity index (χ0v) is 12.8. The molecule has 1 aliphatic heterocycles. The van der Waals surface area contributed by atoms with E-state index in [1.807, 2.05) is 17.8 Å². The standard InChI is InChI=1S/C14H26N6/c1-4-15-14(16-9-12-6-8-19(2)11-12)17-10-13-5-7-18-20(13)3/h5,7,12H,4,6,8-11H2,1-3H3,(H2,15,16,17). The largest absolute Gasteiger partial charge is 0.357 e. The first-order valence-electron chi connectivity index (χ1n) is 7.36. The summed E-state index contributed by atoms with van der Waals surface area (Å²) in [5.74, 6) is 1.61. The van der Waals surface area contributed by atoms with Gasteiger partial charge in [0.1, 0.15) is 0 Å². The lowest BCUT2D eigenvalue weighted by atomic mass is 10.1. The van der Waals surface area contributed by atoms with Crippen molar-refractivity contribution >= 4 is 5.96 Å². The molecular weight excluding hydrogens is 252 g/mol. The summed E-state index contributed by atoms with van der Waals surface area (Å²) in [7, 11) is 4.13. The van der Waals surface area contributed by atoms with Gasteiger partial charge >= 0.3 is 0 Å². The average Bonchev–Trinajstić information content (AvgIpc) is 3.02. The molecule has 2 N–H and O–H groups in total. The molecule has 1 fully saturated rings. The maximum absolute atomic E-state index is 4.62. The van der Waals surface area contributed by atoms with E-state index in [0.29, 0.717) is 6.54 Å². The Balaban J connectivity index is 1.84. The predicted octanol–water partition coefficient (Wildman–Crippen LogP) is 0.427. The average molecular weight is 278 g/mol. The lowest BCUT2D eigenvalue weighted by Gasteiger charge is -2.15. The Labute approximate surface area is 121 Å². The molecule has 1 saturated heterocycles. The van der Waals surface area contributed by atoms with E-state index in [2.05, 4.69) is 39.6 Å². The van der Waals surface area contributed by atoms with Crippen molar-refractivity contribution in [3.8, 4) is 0 Å². The van der Waals surface area contributed by atoms with Crippen LogP contribution in [0.1, 0.15) is 19.0 Å². The van der Waals surface area contributed by atoms with Crippen LogP contribution in [0.15, 0.2) is 17.3 Å². The molecule has 0 amide bonds. The lowest BCUT2D eigenvalue weighted by Crippen LogP contribution is -2.40. The second-order valence-electron chi connectivity index (χ2n) is 5.44. The van der Waals surface area contributed by atoms with E-state index in [4.69, 9.17) is 0 Å². The first-order valence-corrected chi connectivity index (χ1v) is 7.36. The number of likely N-dealkylation sites (tertiary alicyclic amines) is 1. The van der Waals surface area contributed by atoms with Crippen LogP contribution < -0.4 is 10.6 Å². The minimum atomic E-state index is 0.649. The summed E-state index contributed by atoms with van der Waals surface area (Å²) in [5, 5.41) is 10.9. The molecule has 2 heterocycles. The summed E-state index contributed by atoms with van der Waals surface area (Å²) < 4.78 is 1.86. The van der Waals surface area contributed by atoms with Crippen LogP contribution in [0.4, 0.5) is 0 Å². The van der Waals surface area contributed by atoms with Crippen molar-refractivity contribution < 1.29 is 0 Å². The summed E-state index contributed by atoms with van der Waals surface area (Å²) >= 11 is 0. The number of aromatic nitrogens is 2. The molecule has 1 unspecified atom stereocenters. The van der Waals surface area contributed by atoms with Gasteiger partial charge < -0.3 is 15.5 Å². The van der Waals surface area contributed by atoms with Gasteiger partial charge in [0.2, 0.25) is 0 Å². The fourth-order valence-electron chi connectivity index (χ4n) is 2.49. The molecule has 6 heteroatoms. The van der Waals surface area contributed by atoms with Gasteiger partial charge in [-0.05, 0) is 38.9 Å². The van der Waals surface area contributed by atoms with Gasteiger partial charge in [-0.3, -0.25) is 4.68 Å². The molecular formula is C14H26N6. The van der Waals surface area contributed by atoms with E-state index in [1.54, 1.807) is 6.20 Å². The number of rotatable bonds is 5. The summed E-state index contributed by atoms with van der Waals surface area (Å²) in [6.07, 6.45) is 3.07. The zero-order valence-electron chi connectivity index (χ0n) is 12.8. The van der Waals surface area contributed by atoms with Crippen molar-refractivity contribution in [1.82, 2.24) is 25.3 Å². The van der Waals surface area contributed by atoms with Crippen LogP contribution in [0.2, 0.25) is 0 Å². The number of nitrogens with one attached hydrogen (secondary N) is 2. The molecule has 2 rings (SSSR count). The molecule has 20 heavy (non-hydrogen) atoms. The minimum Gasteiger partial charge on any atom is -0.357 e. The highest BCUT2D eigenvalue weighted by Gasteiger charge is 2.19. The second kappa shape index (κ2) is 7.28. The number of aliphatic imine (C=N–C) groups is 1. The smallest absolute Gasteiger partial charge is 0.191 e. The van der Waals surface area contributed by atoms with Crippen LogP contribution in [-0.4, -0.2) is 53.9 Å². The molecule has 1 aromatic rings. The fourth-order valence-corrected chi connectivity index (χ4v) is 2.49. The molecule has 112 valence electrons. The SMILES string of the molecule is CCNC(=NCc1ccnn1C)NCC1CCN(C)C1. The van der Waals surface area contributed by atoms with Crippen LogP contribution in [-0.2, 0) is 13.6 Å². The lowest BCUT2D eigenvalue weighted by molar-refractivity contribution is 0.394. The van der Waals surface area contributed by atoms with E-state index < -0.39 is 0 Å². The van der Waals surface area contributed by atoms with Crippen molar-refractivity contribution in [2.45, 2.75) is 19.9 Å².